The molecule has 1 aromatic carbocycles. The van der Waals surface area contributed by atoms with Crippen LogP contribution in [0.1, 0.15) is 18.4 Å². The van der Waals surface area contributed by atoms with Gasteiger partial charge in [0, 0.05) is 19.5 Å². The predicted octanol–water partition coefficient (Wildman–Crippen LogP) is 1.64. The van der Waals surface area contributed by atoms with Crippen molar-refractivity contribution in [2.75, 3.05) is 32.6 Å². The van der Waals surface area contributed by atoms with Gasteiger partial charge in [-0.25, -0.2) is 13.1 Å². The van der Waals surface area contributed by atoms with Gasteiger partial charge in [-0.1, -0.05) is 0 Å². The van der Waals surface area contributed by atoms with E-state index in [4.69, 9.17) is 9.47 Å². The first kappa shape index (κ1) is 17.5. The monoisotopic (exact) mass is 392 g/mol. The van der Waals surface area contributed by atoms with E-state index in [9.17, 15) is 8.42 Å². The van der Waals surface area contributed by atoms with Gasteiger partial charge >= 0.3 is 0 Å². The molecule has 1 heterocycles. The van der Waals surface area contributed by atoms with Gasteiger partial charge in [0.25, 0.3) is 0 Å². The summed E-state index contributed by atoms with van der Waals surface area (Å²) < 4.78 is 36.6. The number of hydrogen-bond donors (Lipinski definition) is 2. The zero-order valence-corrected chi connectivity index (χ0v) is 14.9. The molecule has 6 nitrogen and oxygen atoms in total. The van der Waals surface area contributed by atoms with Crippen LogP contribution < -0.4 is 19.5 Å². The number of fused-ring (bicyclic) bond motifs is 1. The molecule has 2 rings (SSSR count). The molecule has 22 heavy (non-hydrogen) atoms. The second kappa shape index (κ2) is 8.14. The van der Waals surface area contributed by atoms with Gasteiger partial charge in [-0.05, 0) is 46.6 Å². The van der Waals surface area contributed by atoms with E-state index < -0.39 is 10.0 Å². The molecule has 0 amide bonds. The summed E-state index contributed by atoms with van der Waals surface area (Å²) in [4.78, 5) is 0. The first-order valence-corrected chi connectivity index (χ1v) is 9.87. The maximum atomic E-state index is 10.9. The molecule has 0 atom stereocenters. The lowest BCUT2D eigenvalue weighted by molar-refractivity contribution is 0.296. The summed E-state index contributed by atoms with van der Waals surface area (Å²) in [5.41, 5.74) is 1.09. The molecule has 0 spiro atoms. The molecule has 0 aromatic heterocycles. The SMILES string of the molecule is CS(=O)(=O)NCCCNCc1cc(Br)c2c(c1)OCCCO2. The first-order chi connectivity index (χ1) is 10.5. The van der Waals surface area contributed by atoms with Crippen LogP contribution in [0, 0.1) is 0 Å². The van der Waals surface area contributed by atoms with Crippen LogP contribution >= 0.6 is 15.9 Å². The number of sulfonamides is 1. The Kier molecular flexibility index (Phi) is 6.49. The van der Waals surface area contributed by atoms with Gasteiger partial charge in [-0.2, -0.15) is 0 Å². The molecule has 2 N–H and O–H groups in total. The van der Waals surface area contributed by atoms with Crippen molar-refractivity contribution in [2.45, 2.75) is 19.4 Å². The third-order valence-electron chi connectivity index (χ3n) is 3.09. The topological polar surface area (TPSA) is 76.7 Å². The molecular weight excluding hydrogens is 372 g/mol. The Balaban J connectivity index is 1.81. The number of benzene rings is 1. The van der Waals surface area contributed by atoms with Gasteiger partial charge in [0.1, 0.15) is 0 Å². The Hall–Kier alpha value is -0.830. The van der Waals surface area contributed by atoms with Crippen molar-refractivity contribution in [1.29, 1.82) is 0 Å². The predicted molar refractivity (Wildman–Crippen MR) is 88.9 cm³/mol. The lowest BCUT2D eigenvalue weighted by Crippen LogP contribution is -2.26. The van der Waals surface area contributed by atoms with Crippen LogP contribution in [-0.2, 0) is 16.6 Å². The third kappa shape index (κ3) is 5.75. The maximum absolute atomic E-state index is 10.9. The second-order valence-electron chi connectivity index (χ2n) is 5.15. The van der Waals surface area contributed by atoms with E-state index in [0.717, 1.165) is 47.2 Å². The van der Waals surface area contributed by atoms with Crippen molar-refractivity contribution in [1.82, 2.24) is 10.0 Å². The Morgan fingerprint density at radius 3 is 2.77 bits per heavy atom. The highest BCUT2D eigenvalue weighted by Crippen LogP contribution is 2.38. The van der Waals surface area contributed by atoms with Crippen molar-refractivity contribution in [2.24, 2.45) is 0 Å². The van der Waals surface area contributed by atoms with Crippen molar-refractivity contribution < 1.29 is 17.9 Å². The van der Waals surface area contributed by atoms with E-state index in [2.05, 4.69) is 26.0 Å². The minimum atomic E-state index is -3.10. The fourth-order valence-corrected chi connectivity index (χ4v) is 3.21. The summed E-state index contributed by atoms with van der Waals surface area (Å²) in [6, 6.07) is 3.99. The highest BCUT2D eigenvalue weighted by molar-refractivity contribution is 9.10. The molecule has 0 saturated heterocycles. The van der Waals surface area contributed by atoms with Crippen molar-refractivity contribution in [3.63, 3.8) is 0 Å². The van der Waals surface area contributed by atoms with Crippen molar-refractivity contribution in [3.8, 4) is 11.5 Å². The lowest BCUT2D eigenvalue weighted by atomic mass is 10.2. The summed E-state index contributed by atoms with van der Waals surface area (Å²) in [5, 5.41) is 3.29. The van der Waals surface area contributed by atoms with E-state index in [1.165, 1.54) is 0 Å². The zero-order valence-electron chi connectivity index (χ0n) is 12.5. The number of halogens is 1. The summed E-state index contributed by atoms with van der Waals surface area (Å²) in [7, 11) is -3.10. The fraction of sp³-hybridized carbons (Fsp3) is 0.571. The summed E-state index contributed by atoms with van der Waals surface area (Å²) in [5.74, 6) is 1.53. The highest BCUT2D eigenvalue weighted by Gasteiger charge is 2.15. The molecular formula is C14H21BrN2O4S. The maximum Gasteiger partial charge on any atom is 0.208 e. The summed E-state index contributed by atoms with van der Waals surface area (Å²) >= 11 is 3.51. The molecule has 0 fully saturated rings. The van der Waals surface area contributed by atoms with Gasteiger partial charge < -0.3 is 14.8 Å². The number of nitrogens with one attached hydrogen (secondary N) is 2. The van der Waals surface area contributed by atoms with Crippen molar-refractivity contribution in [3.05, 3.63) is 22.2 Å². The Labute approximate surface area is 139 Å². The first-order valence-electron chi connectivity index (χ1n) is 7.19. The van der Waals surface area contributed by atoms with E-state index in [-0.39, 0.29) is 0 Å². The van der Waals surface area contributed by atoms with Crippen molar-refractivity contribution >= 4 is 26.0 Å². The van der Waals surface area contributed by atoms with Crippen LogP contribution in [0.4, 0.5) is 0 Å². The van der Waals surface area contributed by atoms with Gasteiger partial charge in [0.2, 0.25) is 10.0 Å². The molecule has 1 aliphatic heterocycles. The highest BCUT2D eigenvalue weighted by atomic mass is 79.9. The van der Waals surface area contributed by atoms with Crippen LogP contribution in [0.3, 0.4) is 0 Å². The molecule has 124 valence electrons. The van der Waals surface area contributed by atoms with Crippen LogP contribution in [0.2, 0.25) is 0 Å². The molecule has 0 unspecified atom stereocenters. The van der Waals surface area contributed by atoms with Gasteiger partial charge in [-0.15, -0.1) is 0 Å². The van der Waals surface area contributed by atoms with Gasteiger partial charge in [-0.3, -0.25) is 0 Å². The number of ether oxygens (including phenoxy) is 2. The van der Waals surface area contributed by atoms with Crippen LogP contribution in [0.15, 0.2) is 16.6 Å². The normalized spacial score (nSPS) is 14.6. The smallest absolute Gasteiger partial charge is 0.208 e. The fourth-order valence-electron chi connectivity index (χ4n) is 2.09. The number of hydrogen-bond acceptors (Lipinski definition) is 5. The third-order valence-corrected chi connectivity index (χ3v) is 4.40. The Morgan fingerprint density at radius 1 is 1.23 bits per heavy atom. The molecule has 8 heteroatoms. The quantitative estimate of drug-likeness (QED) is 0.689. The Bertz CT molecular complexity index is 607. The number of rotatable bonds is 7. The second-order valence-corrected chi connectivity index (χ2v) is 7.84. The standard InChI is InChI=1S/C14H21BrN2O4S/c1-22(18,19)17-5-2-4-16-10-11-8-12(15)14-13(9-11)20-6-3-7-21-14/h8-9,16-17H,2-7,10H2,1H3. The van der Waals surface area contributed by atoms with Crippen LogP contribution in [0.25, 0.3) is 0 Å². The van der Waals surface area contributed by atoms with E-state index >= 15 is 0 Å². The molecule has 0 bridgehead atoms. The Morgan fingerprint density at radius 2 is 2.00 bits per heavy atom. The van der Waals surface area contributed by atoms with Crippen LogP contribution in [0.5, 0.6) is 11.5 Å². The van der Waals surface area contributed by atoms with E-state index in [1.54, 1.807) is 0 Å². The largest absolute Gasteiger partial charge is 0.490 e. The molecule has 1 aliphatic rings. The minimum absolute atomic E-state index is 0.441. The summed E-state index contributed by atoms with van der Waals surface area (Å²) in [6.45, 7) is 3.18. The molecule has 0 radical (unpaired) electrons. The molecule has 0 saturated carbocycles. The minimum Gasteiger partial charge on any atom is -0.490 e. The average molecular weight is 393 g/mol. The van der Waals surface area contributed by atoms with E-state index in [0.29, 0.717) is 26.3 Å². The van der Waals surface area contributed by atoms with Gasteiger partial charge in [0.15, 0.2) is 11.5 Å². The lowest BCUT2D eigenvalue weighted by Gasteiger charge is -2.12. The van der Waals surface area contributed by atoms with Gasteiger partial charge in [0.05, 0.1) is 23.9 Å². The zero-order chi connectivity index (χ0) is 16.0. The molecule has 1 aromatic rings. The summed E-state index contributed by atoms with van der Waals surface area (Å²) in [6.07, 6.45) is 2.77. The molecule has 0 aliphatic carbocycles. The van der Waals surface area contributed by atoms with Crippen LogP contribution in [-0.4, -0.2) is 41.0 Å². The van der Waals surface area contributed by atoms with E-state index in [1.807, 2.05) is 12.1 Å². The average Bonchev–Trinajstić information content (AvgIpc) is 2.67.